The molecule has 0 spiro atoms. The van der Waals surface area contributed by atoms with E-state index in [2.05, 4.69) is 144 Å². The smallest absolute Gasteiger partial charge is 0.137 e. The zero-order valence-corrected chi connectivity index (χ0v) is 25.0. The summed E-state index contributed by atoms with van der Waals surface area (Å²) >= 11 is 1.90. The highest BCUT2D eigenvalue weighted by atomic mass is 32.1. The predicted molar refractivity (Wildman–Crippen MR) is 194 cm³/mol. The third-order valence-corrected chi connectivity index (χ3v) is 10.4. The third kappa shape index (κ3) is 3.62. The molecule has 0 aliphatic rings. The minimum atomic E-state index is 0.889. The molecule has 2 heterocycles. The van der Waals surface area contributed by atoms with Gasteiger partial charge in [0.25, 0.3) is 0 Å². The summed E-state index contributed by atoms with van der Waals surface area (Å²) in [7, 11) is 0. The van der Waals surface area contributed by atoms with Crippen LogP contribution in [0.25, 0.3) is 74.4 Å². The van der Waals surface area contributed by atoms with E-state index in [4.69, 9.17) is 4.42 Å². The van der Waals surface area contributed by atoms with Gasteiger partial charge in [0.15, 0.2) is 0 Å². The lowest BCUT2D eigenvalue weighted by molar-refractivity contribution is 0.669. The van der Waals surface area contributed by atoms with Crippen molar-refractivity contribution in [2.75, 3.05) is 4.90 Å². The minimum absolute atomic E-state index is 0.889. The third-order valence-electron chi connectivity index (χ3n) is 9.20. The van der Waals surface area contributed by atoms with Gasteiger partial charge in [-0.15, -0.1) is 11.3 Å². The van der Waals surface area contributed by atoms with Crippen molar-refractivity contribution in [3.63, 3.8) is 0 Å². The van der Waals surface area contributed by atoms with Crippen LogP contribution in [0.4, 0.5) is 17.1 Å². The molecule has 3 heteroatoms. The second-order valence-electron chi connectivity index (χ2n) is 11.7. The first-order chi connectivity index (χ1) is 22.3. The number of nitrogens with zero attached hydrogens (tertiary/aromatic N) is 1. The molecule has 2 nitrogen and oxygen atoms in total. The highest BCUT2D eigenvalue weighted by Gasteiger charge is 2.18. The number of hydrogen-bond acceptors (Lipinski definition) is 3. The Hall–Kier alpha value is -5.64. The van der Waals surface area contributed by atoms with Crippen LogP contribution in [0.15, 0.2) is 156 Å². The Morgan fingerprint density at radius 1 is 0.400 bits per heavy atom. The fraction of sp³-hybridized carbons (Fsp3) is 0. The van der Waals surface area contributed by atoms with Crippen LogP contribution in [-0.2, 0) is 0 Å². The highest BCUT2D eigenvalue weighted by molar-refractivity contribution is 7.27. The summed E-state index contributed by atoms with van der Waals surface area (Å²) in [5, 5.41) is 12.7. The van der Waals surface area contributed by atoms with Gasteiger partial charge in [-0.1, -0.05) is 97.1 Å². The molecule has 0 saturated carbocycles. The summed E-state index contributed by atoms with van der Waals surface area (Å²) in [4.78, 5) is 2.32. The van der Waals surface area contributed by atoms with Crippen LogP contribution < -0.4 is 4.90 Å². The van der Waals surface area contributed by atoms with Crippen molar-refractivity contribution in [2.45, 2.75) is 0 Å². The standard InChI is InChI=1S/C42H25NOS/c1-2-10-27(11-3-1)43(29-20-23-32-31-12-6-8-16-37(31)44-38(32)25-29)28-19-22-30-26(24-28)18-21-36-40(30)33-13-4-5-14-34(33)42-41(36)35-15-7-9-17-39(35)45-42/h1-25H. The van der Waals surface area contributed by atoms with E-state index in [1.54, 1.807) is 0 Å². The van der Waals surface area contributed by atoms with Crippen LogP contribution in [0.3, 0.4) is 0 Å². The van der Waals surface area contributed by atoms with Gasteiger partial charge < -0.3 is 9.32 Å². The van der Waals surface area contributed by atoms with Crippen molar-refractivity contribution in [3.8, 4) is 0 Å². The number of para-hydroxylation sites is 2. The van der Waals surface area contributed by atoms with Gasteiger partial charge in [-0.2, -0.15) is 0 Å². The highest BCUT2D eigenvalue weighted by Crippen LogP contribution is 2.46. The van der Waals surface area contributed by atoms with Gasteiger partial charge in [0.05, 0.1) is 0 Å². The topological polar surface area (TPSA) is 16.4 Å². The van der Waals surface area contributed by atoms with Gasteiger partial charge in [0, 0.05) is 59.5 Å². The van der Waals surface area contributed by atoms with Crippen LogP contribution in [0.1, 0.15) is 0 Å². The van der Waals surface area contributed by atoms with E-state index in [9.17, 15) is 0 Å². The summed E-state index contributed by atoms with van der Waals surface area (Å²) < 4.78 is 9.01. The predicted octanol–water partition coefficient (Wildman–Crippen LogP) is 12.9. The van der Waals surface area contributed by atoms with Crippen molar-refractivity contribution < 1.29 is 4.42 Å². The molecule has 10 aromatic rings. The fourth-order valence-corrected chi connectivity index (χ4v) is 8.49. The first-order valence-corrected chi connectivity index (χ1v) is 16.1. The van der Waals surface area contributed by atoms with Crippen LogP contribution >= 0.6 is 11.3 Å². The first kappa shape index (κ1) is 24.8. The molecule has 2 aromatic heterocycles. The van der Waals surface area contributed by atoms with Crippen molar-refractivity contribution in [2.24, 2.45) is 0 Å². The van der Waals surface area contributed by atoms with E-state index in [-0.39, 0.29) is 0 Å². The normalized spacial score (nSPS) is 12.0. The second kappa shape index (κ2) is 9.43. The lowest BCUT2D eigenvalue weighted by atomic mass is 9.93. The largest absolute Gasteiger partial charge is 0.456 e. The van der Waals surface area contributed by atoms with E-state index in [1.807, 2.05) is 23.5 Å². The monoisotopic (exact) mass is 591 g/mol. The van der Waals surface area contributed by atoms with Crippen molar-refractivity contribution in [1.82, 2.24) is 0 Å². The number of rotatable bonds is 3. The number of hydrogen-bond donors (Lipinski definition) is 0. The average molecular weight is 592 g/mol. The zero-order chi connectivity index (χ0) is 29.5. The summed E-state index contributed by atoms with van der Waals surface area (Å²) in [5.41, 5.74) is 5.07. The molecule has 0 fully saturated rings. The number of fused-ring (bicyclic) bond motifs is 13. The summed E-state index contributed by atoms with van der Waals surface area (Å²) in [5.74, 6) is 0. The fourth-order valence-electron chi connectivity index (χ4n) is 7.23. The van der Waals surface area contributed by atoms with Crippen molar-refractivity contribution >= 4 is 103 Å². The van der Waals surface area contributed by atoms with Gasteiger partial charge in [-0.05, 0) is 75.5 Å². The molecule has 0 radical (unpaired) electrons. The van der Waals surface area contributed by atoms with Gasteiger partial charge >= 0.3 is 0 Å². The van der Waals surface area contributed by atoms with Crippen LogP contribution in [0.5, 0.6) is 0 Å². The maximum atomic E-state index is 6.31. The van der Waals surface area contributed by atoms with E-state index < -0.39 is 0 Å². The maximum absolute atomic E-state index is 6.31. The van der Waals surface area contributed by atoms with Crippen LogP contribution in [0, 0.1) is 0 Å². The Balaban J connectivity index is 1.23. The minimum Gasteiger partial charge on any atom is -0.456 e. The molecule has 10 rings (SSSR count). The van der Waals surface area contributed by atoms with Gasteiger partial charge in [0.2, 0.25) is 0 Å². The number of benzene rings is 8. The average Bonchev–Trinajstić information content (AvgIpc) is 3.67. The first-order valence-electron chi connectivity index (χ1n) is 15.3. The van der Waals surface area contributed by atoms with Crippen molar-refractivity contribution in [3.05, 3.63) is 152 Å². The second-order valence-corrected chi connectivity index (χ2v) is 12.7. The molecule has 8 aromatic carbocycles. The molecule has 0 atom stereocenters. The van der Waals surface area contributed by atoms with Crippen LogP contribution in [-0.4, -0.2) is 0 Å². The summed E-state index contributed by atoms with van der Waals surface area (Å²) in [6.07, 6.45) is 0. The van der Waals surface area contributed by atoms with E-state index >= 15 is 0 Å². The maximum Gasteiger partial charge on any atom is 0.137 e. The molecular weight excluding hydrogens is 567 g/mol. The molecule has 0 amide bonds. The lowest BCUT2D eigenvalue weighted by Crippen LogP contribution is -2.09. The Bertz CT molecular complexity index is 2770. The quantitative estimate of drug-likeness (QED) is 0.190. The van der Waals surface area contributed by atoms with E-state index in [0.29, 0.717) is 0 Å². The number of anilines is 3. The number of thiophene rings is 1. The molecule has 210 valence electrons. The molecule has 0 N–H and O–H groups in total. The molecular formula is C42H25NOS. The molecule has 0 bridgehead atoms. The summed E-state index contributed by atoms with van der Waals surface area (Å²) in [6, 6.07) is 54.6. The molecule has 0 unspecified atom stereocenters. The SMILES string of the molecule is c1ccc(N(c2ccc3c(ccc4c3c3ccccc3c3sc5ccccc5c43)c2)c2ccc3c(c2)oc2ccccc23)cc1. The van der Waals surface area contributed by atoms with Gasteiger partial charge in [0.1, 0.15) is 11.2 Å². The zero-order valence-electron chi connectivity index (χ0n) is 24.2. The van der Waals surface area contributed by atoms with E-state index in [0.717, 1.165) is 39.0 Å². The van der Waals surface area contributed by atoms with E-state index in [1.165, 1.54) is 52.5 Å². The summed E-state index contributed by atoms with van der Waals surface area (Å²) in [6.45, 7) is 0. The molecule has 0 aliphatic carbocycles. The molecule has 45 heavy (non-hydrogen) atoms. The van der Waals surface area contributed by atoms with Gasteiger partial charge in [-0.3, -0.25) is 0 Å². The van der Waals surface area contributed by atoms with Gasteiger partial charge in [-0.25, -0.2) is 0 Å². The lowest BCUT2D eigenvalue weighted by Gasteiger charge is -2.26. The number of furan rings is 1. The molecule has 0 saturated heterocycles. The van der Waals surface area contributed by atoms with Crippen LogP contribution in [0.2, 0.25) is 0 Å². The van der Waals surface area contributed by atoms with Crippen molar-refractivity contribution in [1.29, 1.82) is 0 Å². The Labute approximate surface area is 263 Å². The Kier molecular flexibility index (Phi) is 5.19. The Morgan fingerprint density at radius 2 is 1.04 bits per heavy atom. The Morgan fingerprint density at radius 3 is 1.91 bits per heavy atom. The molecule has 0 aliphatic heterocycles.